The maximum atomic E-state index is 12.1. The van der Waals surface area contributed by atoms with Gasteiger partial charge in [-0.1, -0.05) is 0 Å². The Kier molecular flexibility index (Phi) is 4.79. The Hall–Kier alpha value is -2.72. The molecule has 0 saturated heterocycles. The molecule has 1 aliphatic rings. The van der Waals surface area contributed by atoms with E-state index in [4.69, 9.17) is 17.0 Å². The van der Waals surface area contributed by atoms with E-state index in [-0.39, 0.29) is 16.1 Å². The van der Waals surface area contributed by atoms with Gasteiger partial charge >= 0.3 is 0 Å². The molecule has 0 amide bonds. The molecule has 0 bridgehead atoms. The average Bonchev–Trinajstić information content (AvgIpc) is 2.94. The highest BCUT2D eigenvalue weighted by atomic mass is 32.2. The van der Waals surface area contributed by atoms with Gasteiger partial charge in [0.2, 0.25) is 5.88 Å². The standard InChI is InChI=1S/C16H15N3O5S2/c1-24-12-4-2-11(3-5-12)19-15(21)13(14(20)18-16(19)25)8-17-10-6-7-26(22,23)9-10/h2-8,10,21H,9H2,1H3,(H,18,20,25). The molecule has 1 aromatic heterocycles. The molecule has 0 radical (unpaired) electrons. The zero-order valence-electron chi connectivity index (χ0n) is 13.6. The summed E-state index contributed by atoms with van der Waals surface area (Å²) in [7, 11) is -1.73. The van der Waals surface area contributed by atoms with Gasteiger partial charge in [-0.2, -0.15) is 0 Å². The predicted octanol–water partition coefficient (Wildman–Crippen LogP) is 1.34. The molecule has 136 valence electrons. The first-order chi connectivity index (χ1) is 12.3. The van der Waals surface area contributed by atoms with E-state index in [1.54, 1.807) is 24.3 Å². The van der Waals surface area contributed by atoms with Crippen molar-refractivity contribution in [1.29, 1.82) is 0 Å². The van der Waals surface area contributed by atoms with Crippen LogP contribution in [0.15, 0.2) is 45.5 Å². The van der Waals surface area contributed by atoms with Crippen LogP contribution in [-0.4, -0.2) is 48.2 Å². The molecule has 0 aliphatic carbocycles. The molecule has 1 aliphatic heterocycles. The number of sulfone groups is 1. The molecule has 0 spiro atoms. The summed E-state index contributed by atoms with van der Waals surface area (Å²) in [5.74, 6) is 0.0671. The van der Waals surface area contributed by atoms with Crippen LogP contribution < -0.4 is 10.3 Å². The highest BCUT2D eigenvalue weighted by Crippen LogP contribution is 2.21. The number of nitrogens with one attached hydrogen (secondary N) is 1. The molecule has 8 nitrogen and oxygen atoms in total. The first kappa shape index (κ1) is 18.1. The van der Waals surface area contributed by atoms with Crippen LogP contribution in [0, 0.1) is 4.77 Å². The van der Waals surface area contributed by atoms with Crippen LogP contribution in [0.4, 0.5) is 0 Å². The summed E-state index contributed by atoms with van der Waals surface area (Å²) in [6, 6.07) is 6.10. The van der Waals surface area contributed by atoms with Crippen molar-refractivity contribution in [1.82, 2.24) is 9.55 Å². The summed E-state index contributed by atoms with van der Waals surface area (Å²) in [6.45, 7) is 0. The summed E-state index contributed by atoms with van der Waals surface area (Å²) in [5.41, 5.74) is -0.222. The van der Waals surface area contributed by atoms with Gasteiger partial charge in [0.1, 0.15) is 11.3 Å². The quantitative estimate of drug-likeness (QED) is 0.599. The highest BCUT2D eigenvalue weighted by Gasteiger charge is 2.21. The van der Waals surface area contributed by atoms with Crippen molar-refractivity contribution in [2.45, 2.75) is 6.04 Å². The molecule has 26 heavy (non-hydrogen) atoms. The monoisotopic (exact) mass is 393 g/mol. The van der Waals surface area contributed by atoms with Crippen LogP contribution in [0.2, 0.25) is 0 Å². The van der Waals surface area contributed by atoms with Gasteiger partial charge in [-0.3, -0.25) is 19.3 Å². The molecule has 0 saturated carbocycles. The average molecular weight is 393 g/mol. The van der Waals surface area contributed by atoms with E-state index < -0.39 is 27.3 Å². The van der Waals surface area contributed by atoms with Crippen LogP contribution in [0.1, 0.15) is 5.56 Å². The number of benzene rings is 1. The van der Waals surface area contributed by atoms with Gasteiger partial charge in [0.25, 0.3) is 5.56 Å². The van der Waals surface area contributed by atoms with Crippen LogP contribution in [0.5, 0.6) is 11.6 Å². The lowest BCUT2D eigenvalue weighted by Gasteiger charge is -2.12. The normalized spacial score (nSPS) is 18.4. The molecule has 10 heteroatoms. The van der Waals surface area contributed by atoms with Crippen LogP contribution in [-0.2, 0) is 9.84 Å². The fraction of sp³-hybridized carbons (Fsp3) is 0.188. The first-order valence-electron chi connectivity index (χ1n) is 7.47. The predicted molar refractivity (Wildman–Crippen MR) is 99.7 cm³/mol. The zero-order valence-corrected chi connectivity index (χ0v) is 15.3. The van der Waals surface area contributed by atoms with Crippen molar-refractivity contribution in [2.24, 2.45) is 4.99 Å². The zero-order chi connectivity index (χ0) is 18.9. The van der Waals surface area contributed by atoms with Crippen molar-refractivity contribution in [3.63, 3.8) is 0 Å². The van der Waals surface area contributed by atoms with Crippen LogP contribution >= 0.6 is 12.2 Å². The molecular formula is C16H15N3O5S2. The van der Waals surface area contributed by atoms with Crippen molar-refractivity contribution in [3.8, 4) is 17.3 Å². The summed E-state index contributed by atoms with van der Waals surface area (Å²) < 4.78 is 29.2. The summed E-state index contributed by atoms with van der Waals surface area (Å²) >= 11 is 5.13. The van der Waals surface area contributed by atoms with Gasteiger partial charge < -0.3 is 9.84 Å². The Labute approximate surface area is 154 Å². The van der Waals surface area contributed by atoms with Crippen molar-refractivity contribution < 1.29 is 18.3 Å². The van der Waals surface area contributed by atoms with Crippen molar-refractivity contribution in [3.05, 3.63) is 56.4 Å². The molecule has 1 unspecified atom stereocenters. The minimum atomic E-state index is -3.26. The number of hydrogen-bond acceptors (Lipinski definition) is 7. The number of aromatic nitrogens is 2. The SMILES string of the molecule is COc1ccc(-n2c(O)c(C=NC3C=CS(=O)(=O)C3)c(=O)[nH]c2=S)cc1. The number of ether oxygens (including phenoxy) is 1. The van der Waals surface area contributed by atoms with Crippen LogP contribution in [0.25, 0.3) is 5.69 Å². The van der Waals surface area contributed by atoms with E-state index in [9.17, 15) is 18.3 Å². The van der Waals surface area contributed by atoms with Gasteiger partial charge in [0.15, 0.2) is 14.6 Å². The second kappa shape index (κ2) is 6.89. The molecular weight excluding hydrogens is 378 g/mol. The summed E-state index contributed by atoms with van der Waals surface area (Å²) in [6.07, 6.45) is 2.58. The van der Waals surface area contributed by atoms with Gasteiger partial charge in [-0.25, -0.2) is 8.42 Å². The lowest BCUT2D eigenvalue weighted by molar-refractivity contribution is 0.414. The third-order valence-electron chi connectivity index (χ3n) is 3.76. The Bertz CT molecular complexity index is 1110. The molecule has 2 aromatic rings. The first-order valence-corrected chi connectivity index (χ1v) is 9.60. The van der Waals surface area contributed by atoms with Crippen molar-refractivity contribution >= 4 is 28.3 Å². The Morgan fingerprint density at radius 1 is 1.38 bits per heavy atom. The number of aromatic amines is 1. The maximum Gasteiger partial charge on any atom is 0.264 e. The smallest absolute Gasteiger partial charge is 0.264 e. The van der Waals surface area contributed by atoms with Crippen molar-refractivity contribution in [2.75, 3.05) is 12.9 Å². The molecule has 2 N–H and O–H groups in total. The third kappa shape index (κ3) is 3.60. The van der Waals surface area contributed by atoms with Gasteiger partial charge in [0, 0.05) is 11.6 Å². The third-order valence-corrected chi connectivity index (χ3v) is 5.42. The second-order valence-corrected chi connectivity index (χ2v) is 7.85. The highest BCUT2D eigenvalue weighted by molar-refractivity contribution is 7.94. The number of H-pyrrole nitrogens is 1. The van der Waals surface area contributed by atoms with Crippen LogP contribution in [0.3, 0.4) is 0 Å². The fourth-order valence-corrected chi connectivity index (χ4v) is 3.94. The summed E-state index contributed by atoms with van der Waals surface area (Å²) in [5, 5.41) is 11.6. The van der Waals surface area contributed by atoms with Gasteiger partial charge in [0.05, 0.1) is 24.6 Å². The minimum Gasteiger partial charge on any atom is -0.497 e. The lowest BCUT2D eigenvalue weighted by Crippen LogP contribution is -2.19. The number of aliphatic imine (C=N–C) groups is 1. The largest absolute Gasteiger partial charge is 0.497 e. The van der Waals surface area contributed by atoms with E-state index in [1.165, 1.54) is 17.8 Å². The minimum absolute atomic E-state index is 0.0122. The topological polar surface area (TPSA) is 114 Å². The number of nitrogens with zero attached hydrogens (tertiary/aromatic N) is 2. The number of aromatic hydroxyl groups is 1. The lowest BCUT2D eigenvalue weighted by atomic mass is 10.2. The van der Waals surface area contributed by atoms with Gasteiger partial charge in [-0.15, -0.1) is 0 Å². The molecule has 1 aromatic carbocycles. The number of hydrogen-bond donors (Lipinski definition) is 2. The van der Waals surface area contributed by atoms with E-state index >= 15 is 0 Å². The Balaban J connectivity index is 2.03. The maximum absolute atomic E-state index is 12.1. The second-order valence-electron chi connectivity index (χ2n) is 5.53. The van der Waals surface area contributed by atoms with E-state index in [0.717, 1.165) is 11.6 Å². The molecule has 1 atom stereocenters. The Morgan fingerprint density at radius 3 is 2.65 bits per heavy atom. The van der Waals surface area contributed by atoms with E-state index in [0.29, 0.717) is 11.4 Å². The fourth-order valence-electron chi connectivity index (χ4n) is 2.45. The Morgan fingerprint density at radius 2 is 2.08 bits per heavy atom. The number of rotatable bonds is 4. The molecule has 3 rings (SSSR count). The number of methoxy groups -OCH3 is 1. The summed E-state index contributed by atoms with van der Waals surface area (Å²) in [4.78, 5) is 18.7. The molecule has 0 fully saturated rings. The van der Waals surface area contributed by atoms with Gasteiger partial charge in [-0.05, 0) is 42.6 Å². The van der Waals surface area contributed by atoms with E-state index in [2.05, 4.69) is 9.98 Å². The van der Waals surface area contributed by atoms with E-state index in [1.807, 2.05) is 0 Å². The molecule has 2 heterocycles.